The van der Waals surface area contributed by atoms with E-state index >= 15 is 0 Å². The van der Waals surface area contributed by atoms with Crippen molar-refractivity contribution in [2.45, 2.75) is 64.5 Å². The van der Waals surface area contributed by atoms with Gasteiger partial charge >= 0.3 is 6.09 Å². The summed E-state index contributed by atoms with van der Waals surface area (Å²) in [5, 5.41) is 3.55. The van der Waals surface area contributed by atoms with Crippen molar-refractivity contribution in [2.24, 2.45) is 5.92 Å². The molecule has 2 fully saturated rings. The van der Waals surface area contributed by atoms with E-state index < -0.39 is 5.60 Å². The Bertz CT molecular complexity index is 308. The molecule has 0 unspecified atom stereocenters. The molecule has 1 aliphatic carbocycles. The Balaban J connectivity index is 1.70. The van der Waals surface area contributed by atoms with Crippen LogP contribution >= 0.6 is 0 Å². The number of rotatable bonds is 4. The number of piperidine rings is 1. The topological polar surface area (TPSA) is 41.6 Å². The molecular weight excluding hydrogens is 240 g/mol. The quantitative estimate of drug-likeness (QED) is 0.852. The largest absolute Gasteiger partial charge is 0.444 e. The van der Waals surface area contributed by atoms with Crippen LogP contribution in [0.1, 0.15) is 52.9 Å². The fraction of sp³-hybridized carbons (Fsp3) is 0.933. The minimum Gasteiger partial charge on any atom is -0.444 e. The number of carbonyl (C=O) groups is 1. The molecule has 1 saturated heterocycles. The van der Waals surface area contributed by atoms with Crippen molar-refractivity contribution >= 4 is 6.09 Å². The van der Waals surface area contributed by atoms with Gasteiger partial charge in [-0.05, 0) is 65.3 Å². The first-order chi connectivity index (χ1) is 8.94. The van der Waals surface area contributed by atoms with Gasteiger partial charge in [0.1, 0.15) is 5.60 Å². The van der Waals surface area contributed by atoms with Gasteiger partial charge in [0, 0.05) is 19.1 Å². The van der Waals surface area contributed by atoms with Crippen molar-refractivity contribution in [2.75, 3.05) is 19.6 Å². The number of hydrogen-bond acceptors (Lipinski definition) is 3. The van der Waals surface area contributed by atoms with Gasteiger partial charge in [-0.1, -0.05) is 0 Å². The Labute approximate surface area is 116 Å². The summed E-state index contributed by atoms with van der Waals surface area (Å²) in [6.45, 7) is 8.57. The van der Waals surface area contributed by atoms with Crippen LogP contribution in [-0.2, 0) is 4.74 Å². The second kappa shape index (κ2) is 6.12. The molecule has 0 radical (unpaired) electrons. The van der Waals surface area contributed by atoms with Crippen molar-refractivity contribution in [3.8, 4) is 0 Å². The van der Waals surface area contributed by atoms with Gasteiger partial charge in [0.25, 0.3) is 0 Å². The maximum absolute atomic E-state index is 12.0. The third-order valence-electron chi connectivity index (χ3n) is 3.73. The summed E-state index contributed by atoms with van der Waals surface area (Å²) in [4.78, 5) is 13.9. The summed E-state index contributed by atoms with van der Waals surface area (Å²) in [5.74, 6) is 0.632. The number of likely N-dealkylation sites (tertiary alicyclic amines) is 1. The highest BCUT2D eigenvalue weighted by Crippen LogP contribution is 2.23. The van der Waals surface area contributed by atoms with Crippen LogP contribution in [0.15, 0.2) is 0 Å². The molecule has 4 heteroatoms. The van der Waals surface area contributed by atoms with Crippen molar-refractivity contribution in [1.29, 1.82) is 0 Å². The van der Waals surface area contributed by atoms with Crippen LogP contribution in [0.25, 0.3) is 0 Å². The molecule has 1 heterocycles. The van der Waals surface area contributed by atoms with Gasteiger partial charge in [-0.3, -0.25) is 0 Å². The number of nitrogens with zero attached hydrogens (tertiary/aromatic N) is 1. The molecule has 1 amide bonds. The van der Waals surface area contributed by atoms with Crippen molar-refractivity contribution in [3.63, 3.8) is 0 Å². The first-order valence-corrected chi connectivity index (χ1v) is 7.65. The highest BCUT2D eigenvalue weighted by molar-refractivity contribution is 5.68. The molecule has 1 aliphatic heterocycles. The Morgan fingerprint density at radius 1 is 1.32 bits per heavy atom. The minimum atomic E-state index is -0.391. The van der Waals surface area contributed by atoms with Crippen LogP contribution in [0, 0.1) is 5.92 Å². The van der Waals surface area contributed by atoms with Crippen LogP contribution in [0.5, 0.6) is 0 Å². The van der Waals surface area contributed by atoms with Crippen LogP contribution in [-0.4, -0.2) is 42.3 Å². The average Bonchev–Trinajstić information content (AvgIpc) is 3.11. The van der Waals surface area contributed by atoms with E-state index in [9.17, 15) is 4.79 Å². The van der Waals surface area contributed by atoms with E-state index in [2.05, 4.69) is 5.32 Å². The Hall–Kier alpha value is -0.770. The van der Waals surface area contributed by atoms with Crippen LogP contribution in [0.3, 0.4) is 0 Å². The highest BCUT2D eigenvalue weighted by atomic mass is 16.6. The molecule has 0 aromatic rings. The molecule has 1 atom stereocenters. The third kappa shape index (κ3) is 5.39. The molecule has 0 aromatic heterocycles. The standard InChI is InChI=1S/C15H28N2O2/c1-15(2,3)19-14(18)17-10-4-5-12(11-17)8-9-16-13-6-7-13/h12-13,16H,4-11H2,1-3H3/t12-/m1/s1. The fourth-order valence-corrected chi connectivity index (χ4v) is 2.57. The van der Waals surface area contributed by atoms with E-state index in [4.69, 9.17) is 4.74 Å². The fourth-order valence-electron chi connectivity index (χ4n) is 2.57. The predicted octanol–water partition coefficient (Wildman–Crippen LogP) is 2.78. The van der Waals surface area contributed by atoms with Crippen LogP contribution in [0.2, 0.25) is 0 Å². The lowest BCUT2D eigenvalue weighted by Gasteiger charge is -2.34. The molecule has 19 heavy (non-hydrogen) atoms. The monoisotopic (exact) mass is 268 g/mol. The second-order valence-corrected chi connectivity index (χ2v) is 6.95. The Morgan fingerprint density at radius 2 is 2.05 bits per heavy atom. The van der Waals surface area contributed by atoms with Crippen LogP contribution in [0.4, 0.5) is 4.79 Å². The van der Waals surface area contributed by atoms with Gasteiger partial charge in [-0.15, -0.1) is 0 Å². The summed E-state index contributed by atoms with van der Waals surface area (Å²) in [6.07, 6.45) is 6.06. The SMILES string of the molecule is CC(C)(C)OC(=O)N1CCC[C@H](CCNC2CC2)C1. The van der Waals surface area contributed by atoms with E-state index in [1.807, 2.05) is 25.7 Å². The van der Waals surface area contributed by atoms with Crippen molar-refractivity contribution in [3.05, 3.63) is 0 Å². The molecule has 0 bridgehead atoms. The molecule has 1 saturated carbocycles. The molecule has 110 valence electrons. The van der Waals surface area contributed by atoms with Gasteiger partial charge in [0.05, 0.1) is 0 Å². The first kappa shape index (κ1) is 14.6. The predicted molar refractivity (Wildman–Crippen MR) is 76.2 cm³/mol. The molecule has 4 nitrogen and oxygen atoms in total. The molecule has 0 spiro atoms. The van der Waals surface area contributed by atoms with Gasteiger partial charge in [-0.2, -0.15) is 0 Å². The summed E-state index contributed by atoms with van der Waals surface area (Å²) >= 11 is 0. The summed E-state index contributed by atoms with van der Waals surface area (Å²) in [6, 6.07) is 0.783. The number of hydrogen-bond donors (Lipinski definition) is 1. The lowest BCUT2D eigenvalue weighted by Crippen LogP contribution is -2.43. The lowest BCUT2D eigenvalue weighted by atomic mass is 9.95. The number of nitrogens with one attached hydrogen (secondary N) is 1. The first-order valence-electron chi connectivity index (χ1n) is 7.65. The molecule has 2 aliphatic rings. The zero-order valence-electron chi connectivity index (χ0n) is 12.6. The highest BCUT2D eigenvalue weighted by Gasteiger charge is 2.28. The number of amides is 1. The molecule has 0 aromatic carbocycles. The smallest absolute Gasteiger partial charge is 0.410 e. The van der Waals surface area contributed by atoms with E-state index in [0.717, 1.165) is 32.1 Å². The molecule has 1 N–H and O–H groups in total. The van der Waals surface area contributed by atoms with Crippen molar-refractivity contribution < 1.29 is 9.53 Å². The van der Waals surface area contributed by atoms with E-state index in [-0.39, 0.29) is 6.09 Å². The molecular formula is C15H28N2O2. The maximum Gasteiger partial charge on any atom is 0.410 e. The van der Waals surface area contributed by atoms with E-state index in [1.54, 1.807) is 0 Å². The lowest BCUT2D eigenvalue weighted by molar-refractivity contribution is 0.0162. The van der Waals surface area contributed by atoms with E-state index in [0.29, 0.717) is 5.92 Å². The van der Waals surface area contributed by atoms with Gasteiger partial charge in [-0.25, -0.2) is 4.79 Å². The normalized spacial score (nSPS) is 24.4. The maximum atomic E-state index is 12.0. The number of ether oxygens (including phenoxy) is 1. The minimum absolute atomic E-state index is 0.146. The summed E-state index contributed by atoms with van der Waals surface area (Å²) in [7, 11) is 0. The summed E-state index contributed by atoms with van der Waals surface area (Å²) < 4.78 is 5.45. The molecule has 2 rings (SSSR count). The Kier molecular flexibility index (Phi) is 4.71. The average molecular weight is 268 g/mol. The van der Waals surface area contributed by atoms with Gasteiger partial charge in [0.15, 0.2) is 0 Å². The van der Waals surface area contributed by atoms with Gasteiger partial charge < -0.3 is 15.0 Å². The van der Waals surface area contributed by atoms with E-state index in [1.165, 1.54) is 25.7 Å². The van der Waals surface area contributed by atoms with Crippen molar-refractivity contribution in [1.82, 2.24) is 10.2 Å². The van der Waals surface area contributed by atoms with Gasteiger partial charge in [0.2, 0.25) is 0 Å². The second-order valence-electron chi connectivity index (χ2n) is 6.95. The zero-order valence-corrected chi connectivity index (χ0v) is 12.6. The Morgan fingerprint density at radius 3 is 2.68 bits per heavy atom. The summed E-state index contributed by atoms with van der Waals surface area (Å²) in [5.41, 5.74) is -0.391. The third-order valence-corrected chi connectivity index (χ3v) is 3.73. The van der Waals surface area contributed by atoms with Crippen LogP contribution < -0.4 is 5.32 Å². The number of carbonyl (C=O) groups excluding carboxylic acids is 1. The zero-order chi connectivity index (χ0) is 13.9.